The number of unbranched alkanes of at least 4 members (excludes halogenated alkanes) is 13. The van der Waals surface area contributed by atoms with Crippen LogP contribution in [0.5, 0.6) is 0 Å². The molecule has 5 heteroatoms. The van der Waals surface area contributed by atoms with Crippen molar-refractivity contribution in [3.8, 4) is 0 Å². The largest absolute Gasteiger partial charge is 0.385 e. The van der Waals surface area contributed by atoms with Crippen molar-refractivity contribution < 1.29 is 18.5 Å². The first-order chi connectivity index (χ1) is 14.3. The average Bonchev–Trinajstić information content (AvgIpc) is 2.66. The molecule has 2 unspecified atom stereocenters. The first-order valence-electron chi connectivity index (χ1n) is 12.7. The second-order valence-electron chi connectivity index (χ2n) is 9.69. The zero-order valence-electron chi connectivity index (χ0n) is 20.9. The van der Waals surface area contributed by atoms with E-state index in [1.165, 1.54) is 83.5 Å². The molecule has 30 heavy (non-hydrogen) atoms. The zero-order chi connectivity index (χ0) is 22.7. The molecular formula is C25H53NO3P+. The van der Waals surface area contributed by atoms with Gasteiger partial charge >= 0.3 is 7.60 Å². The molecule has 0 aromatic rings. The van der Waals surface area contributed by atoms with Crippen molar-refractivity contribution in [2.24, 2.45) is 0 Å². The minimum atomic E-state index is -3.55. The molecule has 2 atom stereocenters. The summed E-state index contributed by atoms with van der Waals surface area (Å²) in [7, 11) is 2.30. The van der Waals surface area contributed by atoms with Gasteiger partial charge in [-0.25, -0.2) is 0 Å². The van der Waals surface area contributed by atoms with Crippen LogP contribution in [0.2, 0.25) is 0 Å². The summed E-state index contributed by atoms with van der Waals surface area (Å²) in [5.41, 5.74) is 0. The molecule has 0 aliphatic carbocycles. The van der Waals surface area contributed by atoms with Crippen LogP contribution in [0.4, 0.5) is 0 Å². The van der Waals surface area contributed by atoms with Crippen molar-refractivity contribution in [3.05, 3.63) is 12.2 Å². The van der Waals surface area contributed by atoms with Crippen LogP contribution >= 0.6 is 7.60 Å². The van der Waals surface area contributed by atoms with Gasteiger partial charge in [-0.05, 0) is 32.1 Å². The predicted molar refractivity (Wildman–Crippen MR) is 132 cm³/mol. The van der Waals surface area contributed by atoms with Gasteiger partial charge in [-0.15, -0.1) is 0 Å². The molecule has 0 saturated carbocycles. The number of allylic oxidation sites excluding steroid dienone is 2. The Kier molecular flexibility index (Phi) is 18.3. The minimum absolute atomic E-state index is 0.350. The number of hydrogen-bond acceptors (Lipinski definition) is 2. The van der Waals surface area contributed by atoms with E-state index in [1.54, 1.807) is 0 Å². The van der Waals surface area contributed by atoms with E-state index in [9.17, 15) is 9.46 Å². The Hall–Kier alpha value is -0.150. The first kappa shape index (κ1) is 29.9. The lowest BCUT2D eigenvalue weighted by Gasteiger charge is -2.35. The summed E-state index contributed by atoms with van der Waals surface area (Å²) in [5.74, 6) is -0.350. The third-order valence-electron chi connectivity index (χ3n) is 5.82. The van der Waals surface area contributed by atoms with E-state index < -0.39 is 7.60 Å². The first-order valence-corrected chi connectivity index (χ1v) is 14.3. The standard InChI is InChI=1S/C25H52NO3P/c1-6-8-9-10-11-12-13-14-15-16-17-18-19-20-21-22-23-24-29-30(27,28)25(7-2)26(3,4)5/h14-15,25H,6-13,16-24H2,1-5H3/p+1/b15-14-. The van der Waals surface area contributed by atoms with Crippen LogP contribution in [0.25, 0.3) is 0 Å². The predicted octanol–water partition coefficient (Wildman–Crippen LogP) is 8.06. The van der Waals surface area contributed by atoms with Crippen LogP contribution in [0.15, 0.2) is 12.2 Å². The molecule has 0 rings (SSSR count). The molecule has 180 valence electrons. The number of rotatable bonds is 21. The molecule has 0 radical (unpaired) electrons. The SMILES string of the molecule is CCCCCCCC/C=C\CCCCCCCCCOP(=O)(O)C(CC)[N+](C)(C)C. The zero-order valence-corrected chi connectivity index (χ0v) is 21.8. The Morgan fingerprint density at radius 1 is 0.767 bits per heavy atom. The van der Waals surface area contributed by atoms with Gasteiger partial charge < -0.3 is 13.9 Å². The van der Waals surface area contributed by atoms with E-state index in [1.807, 2.05) is 28.1 Å². The molecule has 0 spiro atoms. The topological polar surface area (TPSA) is 46.5 Å². The van der Waals surface area contributed by atoms with Crippen molar-refractivity contribution in [1.82, 2.24) is 0 Å². The second-order valence-corrected chi connectivity index (χ2v) is 11.7. The van der Waals surface area contributed by atoms with Gasteiger partial charge in [0, 0.05) is 6.42 Å². The Labute approximate surface area is 188 Å². The van der Waals surface area contributed by atoms with Crippen LogP contribution < -0.4 is 0 Å². The summed E-state index contributed by atoms with van der Waals surface area (Å²) in [5, 5.41) is 0. The molecule has 0 bridgehead atoms. The molecule has 0 aliphatic rings. The summed E-state index contributed by atoms with van der Waals surface area (Å²) >= 11 is 0. The number of quaternary nitrogens is 1. The van der Waals surface area contributed by atoms with Crippen molar-refractivity contribution >= 4 is 7.60 Å². The number of hydrogen-bond donors (Lipinski definition) is 1. The van der Waals surface area contributed by atoms with E-state index in [2.05, 4.69) is 19.1 Å². The lowest BCUT2D eigenvalue weighted by Crippen LogP contribution is -2.44. The Morgan fingerprint density at radius 3 is 1.63 bits per heavy atom. The van der Waals surface area contributed by atoms with Crippen molar-refractivity contribution in [2.45, 2.75) is 122 Å². The highest BCUT2D eigenvalue weighted by Crippen LogP contribution is 2.51. The maximum atomic E-state index is 12.5. The fourth-order valence-electron chi connectivity index (χ4n) is 4.02. The number of nitrogens with zero attached hydrogens (tertiary/aromatic N) is 1. The molecule has 0 heterocycles. The van der Waals surface area contributed by atoms with E-state index in [-0.39, 0.29) is 5.78 Å². The Morgan fingerprint density at radius 2 is 1.20 bits per heavy atom. The normalized spacial score (nSPS) is 15.5. The van der Waals surface area contributed by atoms with Crippen LogP contribution in [0.3, 0.4) is 0 Å². The van der Waals surface area contributed by atoms with Crippen molar-refractivity contribution in [3.63, 3.8) is 0 Å². The smallest absolute Gasteiger partial charge is 0.320 e. The molecule has 1 N–H and O–H groups in total. The lowest BCUT2D eigenvalue weighted by atomic mass is 10.1. The van der Waals surface area contributed by atoms with Crippen LogP contribution in [0, 0.1) is 0 Å². The lowest BCUT2D eigenvalue weighted by molar-refractivity contribution is -0.883. The molecular weight excluding hydrogens is 393 g/mol. The van der Waals surface area contributed by atoms with E-state index in [0.717, 1.165) is 12.8 Å². The summed E-state index contributed by atoms with van der Waals surface area (Å²) in [6, 6.07) is 0. The maximum absolute atomic E-state index is 12.5. The molecule has 0 aromatic heterocycles. The van der Waals surface area contributed by atoms with E-state index in [4.69, 9.17) is 4.52 Å². The highest BCUT2D eigenvalue weighted by Gasteiger charge is 2.41. The Bertz CT molecular complexity index is 460. The monoisotopic (exact) mass is 446 g/mol. The fraction of sp³-hybridized carbons (Fsp3) is 0.920. The molecule has 0 aliphatic heterocycles. The molecule has 0 amide bonds. The quantitative estimate of drug-likeness (QED) is 0.0839. The Balaban J connectivity index is 3.50. The van der Waals surface area contributed by atoms with Crippen molar-refractivity contribution in [1.29, 1.82) is 0 Å². The van der Waals surface area contributed by atoms with E-state index >= 15 is 0 Å². The summed E-state index contributed by atoms with van der Waals surface area (Å²) < 4.78 is 18.4. The molecule has 0 fully saturated rings. The van der Waals surface area contributed by atoms with Gasteiger partial charge in [0.05, 0.1) is 27.7 Å². The average molecular weight is 447 g/mol. The third-order valence-corrected chi connectivity index (χ3v) is 8.18. The van der Waals surface area contributed by atoms with Gasteiger partial charge in [0.1, 0.15) is 0 Å². The minimum Gasteiger partial charge on any atom is -0.320 e. The summed E-state index contributed by atoms with van der Waals surface area (Å²) in [6.45, 7) is 4.62. The van der Waals surface area contributed by atoms with Gasteiger partial charge in [-0.2, -0.15) is 0 Å². The highest BCUT2D eigenvalue weighted by atomic mass is 31.2. The van der Waals surface area contributed by atoms with Crippen LogP contribution in [-0.2, 0) is 9.09 Å². The third kappa shape index (κ3) is 16.5. The maximum Gasteiger partial charge on any atom is 0.385 e. The van der Waals surface area contributed by atoms with Gasteiger partial charge in [0.15, 0.2) is 5.78 Å². The molecule has 0 saturated heterocycles. The van der Waals surface area contributed by atoms with Gasteiger partial charge in [0.2, 0.25) is 0 Å². The van der Waals surface area contributed by atoms with E-state index in [0.29, 0.717) is 17.5 Å². The highest BCUT2D eigenvalue weighted by molar-refractivity contribution is 7.53. The summed E-state index contributed by atoms with van der Waals surface area (Å²) in [6.07, 6.45) is 24.5. The molecule has 0 aromatic carbocycles. The van der Waals surface area contributed by atoms with Gasteiger partial charge in [-0.1, -0.05) is 90.2 Å². The molecule has 4 nitrogen and oxygen atoms in total. The summed E-state index contributed by atoms with van der Waals surface area (Å²) in [4.78, 5) is 10.3. The van der Waals surface area contributed by atoms with Crippen molar-refractivity contribution in [2.75, 3.05) is 27.7 Å². The van der Waals surface area contributed by atoms with Gasteiger partial charge in [-0.3, -0.25) is 4.57 Å². The van der Waals surface area contributed by atoms with Crippen LogP contribution in [-0.4, -0.2) is 42.9 Å². The van der Waals surface area contributed by atoms with Gasteiger partial charge in [0.25, 0.3) is 0 Å². The fourth-order valence-corrected chi connectivity index (χ4v) is 5.92. The van der Waals surface area contributed by atoms with Crippen LogP contribution in [0.1, 0.15) is 117 Å². The second kappa shape index (κ2) is 18.4.